The molecule has 0 unspecified atom stereocenters. The van der Waals surface area contributed by atoms with Crippen molar-refractivity contribution in [2.45, 2.75) is 86.0 Å². The van der Waals surface area contributed by atoms with Gasteiger partial charge in [-0.15, -0.1) is 0 Å². The van der Waals surface area contributed by atoms with Crippen molar-refractivity contribution in [3.63, 3.8) is 0 Å². The van der Waals surface area contributed by atoms with Crippen molar-refractivity contribution >= 4 is 17.6 Å². The van der Waals surface area contributed by atoms with Crippen molar-refractivity contribution in [3.05, 3.63) is 34.9 Å². The molecule has 5 heteroatoms. The van der Waals surface area contributed by atoms with Gasteiger partial charge >= 0.3 is 0 Å². The van der Waals surface area contributed by atoms with E-state index in [1.165, 1.54) is 101 Å². The molecule has 1 aromatic rings. The number of carbonyl (C=O) groups is 1. The van der Waals surface area contributed by atoms with E-state index in [2.05, 4.69) is 27.7 Å². The first-order chi connectivity index (χ1) is 14.4. The minimum Gasteiger partial charge on any atom is -0.545 e. The average molecular weight is 439 g/mol. The maximum Gasteiger partial charge on any atom is 0.0786 e. The molecule has 0 fully saturated rings. The number of unbranched alkanes of at least 4 members (excludes halogenated alkanes) is 4. The minimum atomic E-state index is -1.21. The van der Waals surface area contributed by atoms with E-state index in [1.54, 1.807) is 18.2 Å². The van der Waals surface area contributed by atoms with Crippen LogP contribution in [0.2, 0.25) is 5.02 Å². The zero-order valence-electron chi connectivity index (χ0n) is 19.9. The third-order valence-corrected chi connectivity index (χ3v) is 5.24. The number of hydrogen-bond donors (Lipinski definition) is 0. The van der Waals surface area contributed by atoms with Gasteiger partial charge in [-0.05, 0) is 43.4 Å². The first-order valence-corrected chi connectivity index (χ1v) is 11.9. The predicted octanol–water partition coefficient (Wildman–Crippen LogP) is 6.24. The van der Waals surface area contributed by atoms with E-state index >= 15 is 0 Å². The lowest BCUT2D eigenvalue weighted by molar-refractivity contribution is -0.929. The van der Waals surface area contributed by atoms with Gasteiger partial charge in [0.15, 0.2) is 0 Å². The van der Waals surface area contributed by atoms with Gasteiger partial charge in [0, 0.05) is 11.9 Å². The molecule has 0 aliphatic heterocycles. The fourth-order valence-electron chi connectivity index (χ4n) is 3.26. The molecule has 0 heterocycles. The molecule has 0 aliphatic carbocycles. The van der Waals surface area contributed by atoms with Crippen LogP contribution in [-0.4, -0.2) is 36.6 Å². The van der Waals surface area contributed by atoms with Crippen LogP contribution < -0.4 is 5.11 Å². The maximum absolute atomic E-state index is 10.2. The van der Waals surface area contributed by atoms with Gasteiger partial charge in [-0.2, -0.15) is 5.26 Å². The molecule has 172 valence electrons. The summed E-state index contributed by atoms with van der Waals surface area (Å²) in [6.07, 6.45) is 11.1. The zero-order valence-corrected chi connectivity index (χ0v) is 20.6. The second kappa shape index (κ2) is 20.7. The third-order valence-electron chi connectivity index (χ3n) is 5.00. The Kier molecular flexibility index (Phi) is 21.1. The highest BCUT2D eigenvalue weighted by molar-refractivity contribution is 6.30. The summed E-state index contributed by atoms with van der Waals surface area (Å²) in [6.45, 7) is 16.4. The van der Waals surface area contributed by atoms with Crippen LogP contribution in [0, 0.1) is 11.3 Å². The second-order valence-corrected chi connectivity index (χ2v) is 8.11. The van der Waals surface area contributed by atoms with Gasteiger partial charge in [-0.1, -0.05) is 77.1 Å². The lowest BCUT2D eigenvalue weighted by Crippen LogP contribution is -2.50. The van der Waals surface area contributed by atoms with Crippen LogP contribution in [0.25, 0.3) is 0 Å². The molecule has 0 bridgehead atoms. The number of aromatic carboxylic acids is 1. The molecule has 0 spiro atoms. The van der Waals surface area contributed by atoms with Crippen molar-refractivity contribution < 1.29 is 14.4 Å². The lowest BCUT2D eigenvalue weighted by atomic mass is 10.1. The van der Waals surface area contributed by atoms with E-state index in [1.807, 2.05) is 0 Å². The van der Waals surface area contributed by atoms with E-state index in [4.69, 9.17) is 16.9 Å². The number of carboxylic acid groups (broad SMARTS) is 1. The average Bonchev–Trinajstić information content (AvgIpc) is 2.74. The Morgan fingerprint density at radius 3 is 1.53 bits per heavy atom. The van der Waals surface area contributed by atoms with Crippen LogP contribution in [-0.2, 0) is 0 Å². The van der Waals surface area contributed by atoms with Gasteiger partial charge in [0.1, 0.15) is 0 Å². The number of carbonyl (C=O) groups excluding carboxylic acids is 1. The Morgan fingerprint density at radius 2 is 1.30 bits per heavy atom. The number of halogens is 1. The highest BCUT2D eigenvalue weighted by atomic mass is 35.5. The van der Waals surface area contributed by atoms with Gasteiger partial charge in [0.2, 0.25) is 0 Å². The third kappa shape index (κ3) is 16.3. The lowest BCUT2D eigenvalue weighted by Gasteiger charge is -2.39. The summed E-state index contributed by atoms with van der Waals surface area (Å²) >= 11 is 5.50. The van der Waals surface area contributed by atoms with E-state index in [-0.39, 0.29) is 5.56 Å². The zero-order chi connectivity index (χ0) is 23.3. The summed E-state index contributed by atoms with van der Waals surface area (Å²) in [6, 6.07) is 7.69. The highest BCUT2D eigenvalue weighted by Crippen LogP contribution is 2.16. The molecule has 0 N–H and O–H groups in total. The first-order valence-electron chi connectivity index (χ1n) is 11.5. The summed E-state index contributed by atoms with van der Waals surface area (Å²) in [5.74, 6) is -1.21. The molecule has 0 radical (unpaired) electrons. The molecule has 0 aromatic heterocycles. The van der Waals surface area contributed by atoms with Gasteiger partial charge in [0.25, 0.3) is 0 Å². The van der Waals surface area contributed by atoms with Crippen LogP contribution in [0.5, 0.6) is 0 Å². The number of nitrogens with zero attached hydrogens (tertiary/aromatic N) is 2. The van der Waals surface area contributed by atoms with Crippen LogP contribution in [0.3, 0.4) is 0 Å². The Bertz CT molecular complexity index is 547. The Balaban J connectivity index is 0. The fraction of sp³-hybridized carbons (Fsp3) is 0.680. The van der Waals surface area contributed by atoms with E-state index in [0.717, 1.165) is 0 Å². The molecular weight excluding hydrogens is 396 g/mol. The molecule has 4 nitrogen and oxygen atoms in total. The quantitative estimate of drug-likeness (QED) is 0.342. The summed E-state index contributed by atoms with van der Waals surface area (Å²) < 4.78 is 1.42. The van der Waals surface area contributed by atoms with Crippen LogP contribution in [0.1, 0.15) is 96.3 Å². The van der Waals surface area contributed by atoms with Crippen molar-refractivity contribution in [3.8, 4) is 6.07 Å². The molecule has 1 aromatic carbocycles. The molecule has 0 aliphatic rings. The molecule has 0 saturated carbocycles. The van der Waals surface area contributed by atoms with Crippen LogP contribution >= 0.6 is 11.6 Å². The topological polar surface area (TPSA) is 63.9 Å². The predicted molar refractivity (Wildman–Crippen MR) is 126 cm³/mol. The Labute approximate surface area is 190 Å². The summed E-state index contributed by atoms with van der Waals surface area (Å²) in [7, 11) is 0. The molecule has 0 saturated heterocycles. The summed E-state index contributed by atoms with van der Waals surface area (Å²) in [5.41, 5.74) is 0.104. The van der Waals surface area contributed by atoms with Crippen molar-refractivity contribution in [2.24, 2.45) is 0 Å². The number of hydrogen-bond acceptors (Lipinski definition) is 3. The van der Waals surface area contributed by atoms with E-state index in [0.29, 0.717) is 5.02 Å². The Hall–Kier alpha value is -1.57. The fourth-order valence-corrected chi connectivity index (χ4v) is 3.45. The van der Waals surface area contributed by atoms with Crippen molar-refractivity contribution in [1.82, 2.24) is 0 Å². The molecule has 0 atom stereocenters. The van der Waals surface area contributed by atoms with E-state index in [9.17, 15) is 9.90 Å². The van der Waals surface area contributed by atoms with Gasteiger partial charge in [-0.3, -0.25) is 0 Å². The van der Waals surface area contributed by atoms with Gasteiger partial charge < -0.3 is 14.4 Å². The van der Waals surface area contributed by atoms with Crippen molar-refractivity contribution in [1.29, 1.82) is 5.26 Å². The van der Waals surface area contributed by atoms with Gasteiger partial charge in [-0.25, -0.2) is 0 Å². The normalized spacial score (nSPS) is 10.2. The molecular formula is C25H43ClN2O2. The number of carboxylic acids is 1. The van der Waals surface area contributed by atoms with E-state index < -0.39 is 5.97 Å². The number of rotatable bonds is 13. The first kappa shape index (κ1) is 30.6. The smallest absolute Gasteiger partial charge is 0.0786 e. The number of benzene rings is 1. The minimum absolute atomic E-state index is 0.104. The number of quaternary nitrogens is 1. The molecule has 1 rings (SSSR count). The summed E-state index contributed by atoms with van der Waals surface area (Å²) in [4.78, 5) is 10.2. The summed E-state index contributed by atoms with van der Waals surface area (Å²) in [5, 5.41) is 17.9. The second-order valence-electron chi connectivity index (χ2n) is 7.67. The van der Waals surface area contributed by atoms with Crippen LogP contribution in [0.15, 0.2) is 24.3 Å². The van der Waals surface area contributed by atoms with Crippen molar-refractivity contribution in [2.75, 3.05) is 26.2 Å². The maximum atomic E-state index is 10.2. The van der Waals surface area contributed by atoms with Crippen LogP contribution in [0.4, 0.5) is 0 Å². The molecule has 30 heavy (non-hydrogen) atoms. The Morgan fingerprint density at radius 1 is 0.933 bits per heavy atom. The standard InChI is InChI=1S/C16H36N.C7H5ClO2.C2H3N/c1-5-9-13-17(14-10-6-2,15-11-7-3)16-12-8-4;8-6-3-1-2-5(4-6)7(9)10;1-2-3/h5-16H2,1-4H3;1-4H,(H,9,10);1H3/q+1;;/p-1. The largest absolute Gasteiger partial charge is 0.545 e. The van der Waals surface area contributed by atoms with Gasteiger partial charge in [0.05, 0.1) is 38.2 Å². The highest BCUT2D eigenvalue weighted by Gasteiger charge is 2.24. The number of nitriles is 1. The SMILES string of the molecule is CC#N.CCCC[N+](CCCC)(CCCC)CCCC.O=C([O-])c1cccc(Cl)c1. The monoisotopic (exact) mass is 438 g/mol. The molecule has 0 amide bonds.